The number of hydrogen-bond acceptors (Lipinski definition) is 4. The topological polar surface area (TPSA) is 86.3 Å². The van der Waals surface area contributed by atoms with Crippen molar-refractivity contribution in [2.45, 2.75) is 31.7 Å². The molecule has 0 fully saturated rings. The second kappa shape index (κ2) is 5.57. The van der Waals surface area contributed by atoms with Gasteiger partial charge in [0.05, 0.1) is 11.8 Å². The van der Waals surface area contributed by atoms with E-state index < -0.39 is 21.3 Å². The fourth-order valence-corrected chi connectivity index (χ4v) is 2.02. The molecule has 6 heteroatoms. The molecule has 1 rings (SSSR count). The highest BCUT2D eigenvalue weighted by Gasteiger charge is 2.41. The van der Waals surface area contributed by atoms with E-state index in [-0.39, 0.29) is 13.0 Å². The van der Waals surface area contributed by atoms with Crippen LogP contribution >= 0.6 is 0 Å². The Balaban J connectivity index is 2.97. The Labute approximate surface area is 105 Å². The molecule has 1 atom stereocenters. The molecular weight excluding hydrogens is 236 g/mol. The average molecular weight is 252 g/mol. The molecule has 1 aromatic carbocycles. The van der Waals surface area contributed by atoms with Crippen LogP contribution in [0.25, 0.3) is 0 Å². The van der Waals surface area contributed by atoms with Gasteiger partial charge in [0.25, 0.3) is 0 Å². The lowest BCUT2D eigenvalue weighted by Gasteiger charge is -2.27. The van der Waals surface area contributed by atoms with E-state index in [2.05, 4.69) is 0 Å². The van der Waals surface area contributed by atoms with Gasteiger partial charge in [0.2, 0.25) is 12.6 Å². The molecule has 0 amide bonds. The van der Waals surface area contributed by atoms with E-state index in [9.17, 15) is 20.2 Å². The van der Waals surface area contributed by atoms with Crippen molar-refractivity contribution in [1.29, 1.82) is 0 Å². The van der Waals surface area contributed by atoms with E-state index in [0.717, 1.165) is 5.56 Å². The van der Waals surface area contributed by atoms with Crippen molar-refractivity contribution in [3.05, 3.63) is 56.1 Å². The SMILES string of the molecule is CC(C)(c1ccccc1)C(CC[N+](=O)[O-])[N+](=O)[O-]. The van der Waals surface area contributed by atoms with Crippen molar-refractivity contribution in [3.8, 4) is 0 Å². The maximum atomic E-state index is 11.1. The van der Waals surface area contributed by atoms with E-state index in [1.807, 2.05) is 30.3 Å². The molecule has 0 aliphatic rings. The summed E-state index contributed by atoms with van der Waals surface area (Å²) in [5.74, 6) is 0. The molecule has 6 nitrogen and oxygen atoms in total. The van der Waals surface area contributed by atoms with Crippen LogP contribution < -0.4 is 0 Å². The van der Waals surface area contributed by atoms with Gasteiger partial charge in [0.1, 0.15) is 0 Å². The molecule has 0 saturated heterocycles. The first-order chi connectivity index (χ1) is 8.35. The van der Waals surface area contributed by atoms with Crippen LogP contribution in [0.2, 0.25) is 0 Å². The van der Waals surface area contributed by atoms with Crippen molar-refractivity contribution in [2.75, 3.05) is 6.54 Å². The highest BCUT2D eigenvalue weighted by atomic mass is 16.6. The van der Waals surface area contributed by atoms with Crippen molar-refractivity contribution >= 4 is 0 Å². The van der Waals surface area contributed by atoms with Crippen LogP contribution in [0.5, 0.6) is 0 Å². The molecule has 18 heavy (non-hydrogen) atoms. The zero-order valence-electron chi connectivity index (χ0n) is 10.4. The van der Waals surface area contributed by atoms with Crippen molar-refractivity contribution in [1.82, 2.24) is 0 Å². The quantitative estimate of drug-likeness (QED) is 0.574. The summed E-state index contributed by atoms with van der Waals surface area (Å²) in [4.78, 5) is 20.6. The lowest BCUT2D eigenvalue weighted by atomic mass is 9.76. The van der Waals surface area contributed by atoms with Gasteiger partial charge >= 0.3 is 0 Å². The normalized spacial score (nSPS) is 13.0. The van der Waals surface area contributed by atoms with E-state index in [1.165, 1.54) is 0 Å². The van der Waals surface area contributed by atoms with Gasteiger partial charge in [0.15, 0.2) is 0 Å². The van der Waals surface area contributed by atoms with Crippen molar-refractivity contribution < 1.29 is 9.85 Å². The van der Waals surface area contributed by atoms with Gasteiger partial charge in [-0.1, -0.05) is 30.3 Å². The molecule has 0 radical (unpaired) electrons. The molecule has 98 valence electrons. The van der Waals surface area contributed by atoms with Crippen molar-refractivity contribution in [3.63, 3.8) is 0 Å². The summed E-state index contributed by atoms with van der Waals surface area (Å²) in [6.07, 6.45) is -0.0676. The molecule has 0 N–H and O–H groups in total. The van der Waals surface area contributed by atoms with Crippen LogP contribution in [0.15, 0.2) is 30.3 Å². The minimum absolute atomic E-state index is 0.0676. The zero-order valence-corrected chi connectivity index (χ0v) is 10.4. The molecule has 1 unspecified atom stereocenters. The molecule has 0 aliphatic carbocycles. The predicted octanol–water partition coefficient (Wildman–Crippen LogP) is 2.28. The maximum Gasteiger partial charge on any atom is 0.228 e. The third kappa shape index (κ3) is 3.26. The van der Waals surface area contributed by atoms with Gasteiger partial charge in [-0.05, 0) is 19.4 Å². The Bertz CT molecular complexity index is 431. The highest BCUT2D eigenvalue weighted by Crippen LogP contribution is 2.30. The molecule has 0 saturated carbocycles. The minimum atomic E-state index is -0.967. The van der Waals surface area contributed by atoms with Crippen LogP contribution in [0.1, 0.15) is 25.8 Å². The maximum absolute atomic E-state index is 11.1. The van der Waals surface area contributed by atoms with E-state index in [1.54, 1.807) is 13.8 Å². The number of benzene rings is 1. The largest absolute Gasteiger partial charge is 0.265 e. The fraction of sp³-hybridized carbons (Fsp3) is 0.500. The summed E-state index contributed by atoms with van der Waals surface area (Å²) in [6, 6.07) is 8.09. The molecule has 0 heterocycles. The van der Waals surface area contributed by atoms with Gasteiger partial charge in [-0.25, -0.2) is 0 Å². The Morgan fingerprint density at radius 3 is 2.17 bits per heavy atom. The first kappa shape index (κ1) is 14.1. The number of rotatable bonds is 6. The van der Waals surface area contributed by atoms with Crippen LogP contribution in [0.4, 0.5) is 0 Å². The van der Waals surface area contributed by atoms with Crippen LogP contribution in [-0.4, -0.2) is 22.4 Å². The first-order valence-corrected chi connectivity index (χ1v) is 5.66. The standard InChI is InChI=1S/C12H16N2O4/c1-12(2,10-6-4-3-5-7-10)11(14(17)18)8-9-13(15)16/h3-7,11H,8-9H2,1-2H3. The van der Waals surface area contributed by atoms with E-state index in [4.69, 9.17) is 0 Å². The summed E-state index contributed by atoms with van der Waals surface area (Å²) in [5, 5.41) is 21.5. The minimum Gasteiger partial charge on any atom is -0.265 e. The Morgan fingerprint density at radius 1 is 1.17 bits per heavy atom. The molecule has 1 aromatic rings. The number of hydrogen-bond donors (Lipinski definition) is 0. The molecule has 0 spiro atoms. The number of nitrogens with zero attached hydrogens (tertiary/aromatic N) is 2. The second-order valence-electron chi connectivity index (χ2n) is 4.73. The Kier molecular flexibility index (Phi) is 4.36. The van der Waals surface area contributed by atoms with Gasteiger partial charge in [-0.3, -0.25) is 20.2 Å². The molecule has 0 bridgehead atoms. The summed E-state index contributed by atoms with van der Waals surface area (Å²) in [6.45, 7) is 3.10. The molecule has 0 aromatic heterocycles. The summed E-state index contributed by atoms with van der Waals surface area (Å²) >= 11 is 0. The molecular formula is C12H16N2O4. The third-order valence-corrected chi connectivity index (χ3v) is 3.19. The van der Waals surface area contributed by atoms with Gasteiger partial charge in [0, 0.05) is 9.85 Å². The predicted molar refractivity (Wildman–Crippen MR) is 66.7 cm³/mol. The number of nitro groups is 2. The first-order valence-electron chi connectivity index (χ1n) is 5.66. The van der Waals surface area contributed by atoms with Gasteiger partial charge in [-0.2, -0.15) is 0 Å². The van der Waals surface area contributed by atoms with Gasteiger partial charge < -0.3 is 0 Å². The lowest BCUT2D eigenvalue weighted by Crippen LogP contribution is -2.41. The lowest BCUT2D eigenvalue weighted by molar-refractivity contribution is -0.550. The van der Waals surface area contributed by atoms with E-state index in [0.29, 0.717) is 0 Å². The van der Waals surface area contributed by atoms with Crippen LogP contribution in [-0.2, 0) is 5.41 Å². The fourth-order valence-electron chi connectivity index (χ4n) is 2.02. The average Bonchev–Trinajstić information content (AvgIpc) is 2.29. The van der Waals surface area contributed by atoms with E-state index >= 15 is 0 Å². The molecule has 0 aliphatic heterocycles. The summed E-state index contributed by atoms with van der Waals surface area (Å²) in [7, 11) is 0. The highest BCUT2D eigenvalue weighted by molar-refractivity contribution is 5.24. The Morgan fingerprint density at radius 2 is 1.72 bits per heavy atom. The second-order valence-corrected chi connectivity index (χ2v) is 4.73. The zero-order chi connectivity index (χ0) is 13.8. The smallest absolute Gasteiger partial charge is 0.228 e. The van der Waals surface area contributed by atoms with Crippen molar-refractivity contribution in [2.24, 2.45) is 0 Å². The summed E-state index contributed by atoms with van der Waals surface area (Å²) in [5.41, 5.74) is 0.0795. The van der Waals surface area contributed by atoms with Crippen LogP contribution in [0.3, 0.4) is 0 Å². The van der Waals surface area contributed by atoms with Gasteiger partial charge in [-0.15, -0.1) is 0 Å². The van der Waals surface area contributed by atoms with Crippen LogP contribution in [0, 0.1) is 20.2 Å². The Hall–Kier alpha value is -1.98. The third-order valence-electron chi connectivity index (χ3n) is 3.19. The monoisotopic (exact) mass is 252 g/mol. The summed E-state index contributed by atoms with van der Waals surface area (Å²) < 4.78 is 0.